The first-order valence-corrected chi connectivity index (χ1v) is 14.7. The molecular weight excluding hydrogens is 590 g/mol. The Kier molecular flexibility index (Phi) is 5.28. The second-order valence-electron chi connectivity index (χ2n) is 12.3. The number of hydrogen-bond donors (Lipinski definition) is 1. The largest absolute Gasteiger partial charge is 0.507 e. The second-order valence-corrected chi connectivity index (χ2v) is 12.3. The Bertz CT molecular complexity index is 2240. The number of ketones is 1. The van der Waals surface area contributed by atoms with Gasteiger partial charge in [0.15, 0.2) is 5.78 Å². The van der Waals surface area contributed by atoms with Crippen LogP contribution in [0, 0.1) is 5.92 Å². The molecule has 46 heavy (non-hydrogen) atoms. The van der Waals surface area contributed by atoms with E-state index in [1.807, 2.05) is 0 Å². The smallest absolute Gasteiger partial charge is 0.281 e. The van der Waals surface area contributed by atoms with Crippen LogP contribution in [-0.4, -0.2) is 67.3 Å². The topological polar surface area (TPSA) is 149 Å². The third-order valence-electron chi connectivity index (χ3n) is 9.20. The van der Waals surface area contributed by atoms with Crippen LogP contribution in [0.3, 0.4) is 0 Å². The molecule has 1 aliphatic carbocycles. The van der Waals surface area contributed by atoms with Crippen molar-refractivity contribution in [1.29, 1.82) is 0 Å². The monoisotopic (exact) mass is 613 g/mol. The van der Waals surface area contributed by atoms with Crippen molar-refractivity contribution in [3.05, 3.63) is 98.6 Å². The van der Waals surface area contributed by atoms with Crippen LogP contribution in [0.15, 0.2) is 54.1 Å². The molecule has 4 aromatic rings. The molecule has 11 nitrogen and oxygen atoms in total. The first-order chi connectivity index (χ1) is 21.9. The standard InChI is InChI=1S/C35H23N3O8/c1-13(2)23-28(39)15-5-7-19-26-20(8-6-16(24(15)26)29(23)40)33(44)37(32(19)43)38-34(45)21-11-9-17-25-18(10-12-22(27(21)25)35(38)46)31(42)36(14(3)4)30(17)41/h5-14,39H,1-4H3. The van der Waals surface area contributed by atoms with Gasteiger partial charge in [0, 0.05) is 55.4 Å². The molecule has 0 spiro atoms. The van der Waals surface area contributed by atoms with E-state index in [9.17, 15) is 38.7 Å². The molecule has 0 bridgehead atoms. The molecule has 0 atom stereocenters. The summed E-state index contributed by atoms with van der Waals surface area (Å²) in [5, 5.41) is 12.7. The predicted molar refractivity (Wildman–Crippen MR) is 163 cm³/mol. The molecule has 3 aliphatic heterocycles. The lowest BCUT2D eigenvalue weighted by atomic mass is 9.79. The fourth-order valence-electron chi connectivity index (χ4n) is 7.21. The van der Waals surface area contributed by atoms with Gasteiger partial charge >= 0.3 is 0 Å². The molecule has 6 amide bonds. The number of aliphatic hydroxyl groups excluding tert-OH is 1. The zero-order valence-electron chi connectivity index (χ0n) is 24.9. The van der Waals surface area contributed by atoms with Crippen LogP contribution in [0.1, 0.15) is 106 Å². The summed E-state index contributed by atoms with van der Waals surface area (Å²) in [4.78, 5) is 97.4. The number of Topliss-reactive ketones (excluding diaryl/α,β-unsaturated/α-hetero) is 1. The number of aliphatic hydroxyl groups is 1. The van der Waals surface area contributed by atoms with E-state index in [1.54, 1.807) is 27.7 Å². The van der Waals surface area contributed by atoms with E-state index in [0.717, 1.165) is 4.90 Å². The number of hydrogen-bond acceptors (Lipinski definition) is 8. The molecule has 4 aliphatic rings. The predicted octanol–water partition coefficient (Wildman–Crippen LogP) is 4.93. The number of rotatable bonds is 3. The summed E-state index contributed by atoms with van der Waals surface area (Å²) in [5.74, 6) is -5.98. The molecule has 4 aromatic carbocycles. The Morgan fingerprint density at radius 3 is 1.11 bits per heavy atom. The lowest BCUT2D eigenvalue weighted by molar-refractivity contribution is 0.00211. The van der Waals surface area contributed by atoms with Crippen molar-refractivity contribution >= 4 is 68.5 Å². The number of benzene rings is 4. The molecule has 0 fully saturated rings. The highest BCUT2D eigenvalue weighted by molar-refractivity contribution is 6.36. The molecule has 3 heterocycles. The number of amides is 6. The van der Waals surface area contributed by atoms with Gasteiger partial charge in [0.05, 0.1) is 22.3 Å². The number of allylic oxidation sites excluding steroid dienone is 1. The summed E-state index contributed by atoms with van der Waals surface area (Å²) in [5.41, 5.74) is 0.857. The Hall–Kier alpha value is -5.97. The zero-order valence-corrected chi connectivity index (χ0v) is 24.9. The lowest BCUT2D eigenvalue weighted by Crippen LogP contribution is -2.58. The molecule has 0 unspecified atom stereocenters. The number of nitrogens with zero attached hydrogens (tertiary/aromatic N) is 3. The Morgan fingerprint density at radius 2 is 0.761 bits per heavy atom. The Morgan fingerprint density at radius 1 is 0.457 bits per heavy atom. The molecule has 1 N–H and O–H groups in total. The van der Waals surface area contributed by atoms with Crippen molar-refractivity contribution < 1.29 is 38.7 Å². The fourth-order valence-corrected chi connectivity index (χ4v) is 7.21. The quantitative estimate of drug-likeness (QED) is 0.320. The van der Waals surface area contributed by atoms with Gasteiger partial charge < -0.3 is 5.11 Å². The van der Waals surface area contributed by atoms with Crippen molar-refractivity contribution in [2.45, 2.75) is 33.7 Å². The van der Waals surface area contributed by atoms with Gasteiger partial charge in [0.1, 0.15) is 5.76 Å². The van der Waals surface area contributed by atoms with Crippen LogP contribution in [0.5, 0.6) is 0 Å². The van der Waals surface area contributed by atoms with Crippen LogP contribution in [-0.2, 0) is 0 Å². The number of hydrazine groups is 1. The molecule has 11 heteroatoms. The van der Waals surface area contributed by atoms with Gasteiger partial charge in [-0.05, 0) is 68.3 Å². The molecule has 0 radical (unpaired) electrons. The van der Waals surface area contributed by atoms with Crippen molar-refractivity contribution in [3.63, 3.8) is 0 Å². The van der Waals surface area contributed by atoms with E-state index in [4.69, 9.17) is 0 Å². The minimum Gasteiger partial charge on any atom is -0.507 e. The maximum Gasteiger partial charge on any atom is 0.281 e. The molecule has 0 aromatic heterocycles. The molecule has 0 saturated heterocycles. The van der Waals surface area contributed by atoms with E-state index < -0.39 is 47.3 Å². The molecule has 226 valence electrons. The second kappa shape index (κ2) is 8.81. The average molecular weight is 614 g/mol. The summed E-state index contributed by atoms with van der Waals surface area (Å²) in [6.07, 6.45) is 0. The van der Waals surface area contributed by atoms with Crippen LogP contribution in [0.25, 0.3) is 27.3 Å². The van der Waals surface area contributed by atoms with Gasteiger partial charge in [-0.1, -0.05) is 13.8 Å². The number of carbonyl (C=O) groups is 7. The summed E-state index contributed by atoms with van der Waals surface area (Å²) in [6.45, 7) is 6.96. The summed E-state index contributed by atoms with van der Waals surface area (Å²) >= 11 is 0. The van der Waals surface area contributed by atoms with Gasteiger partial charge in [-0.15, -0.1) is 0 Å². The van der Waals surface area contributed by atoms with Crippen molar-refractivity contribution in [3.8, 4) is 0 Å². The van der Waals surface area contributed by atoms with Crippen LogP contribution >= 0.6 is 0 Å². The Labute approximate surface area is 260 Å². The summed E-state index contributed by atoms with van der Waals surface area (Å²) in [6, 6.07) is 10.8. The zero-order chi connectivity index (χ0) is 32.7. The highest BCUT2D eigenvalue weighted by atomic mass is 16.3. The van der Waals surface area contributed by atoms with Gasteiger partial charge in [-0.25, -0.2) is 0 Å². The number of carbonyl (C=O) groups excluding carboxylic acids is 7. The normalized spacial score (nSPS) is 17.3. The minimum atomic E-state index is -0.986. The fraction of sp³-hybridized carbons (Fsp3) is 0.171. The Balaban J connectivity index is 1.29. The number of imide groups is 3. The molecule has 8 rings (SSSR count). The van der Waals surface area contributed by atoms with E-state index in [1.165, 1.54) is 48.5 Å². The third-order valence-corrected chi connectivity index (χ3v) is 9.20. The lowest BCUT2D eigenvalue weighted by Gasteiger charge is -2.38. The van der Waals surface area contributed by atoms with Crippen molar-refractivity contribution in [2.75, 3.05) is 0 Å². The average Bonchev–Trinajstić information content (AvgIpc) is 3.01. The van der Waals surface area contributed by atoms with E-state index in [0.29, 0.717) is 15.6 Å². The van der Waals surface area contributed by atoms with Gasteiger partial charge in [-0.3, -0.25) is 38.5 Å². The van der Waals surface area contributed by atoms with Crippen molar-refractivity contribution in [1.82, 2.24) is 14.9 Å². The van der Waals surface area contributed by atoms with E-state index >= 15 is 0 Å². The summed E-state index contributed by atoms with van der Waals surface area (Å²) < 4.78 is 0. The van der Waals surface area contributed by atoms with Crippen molar-refractivity contribution in [2.24, 2.45) is 5.92 Å². The van der Waals surface area contributed by atoms with E-state index in [-0.39, 0.29) is 77.7 Å². The highest BCUT2D eigenvalue weighted by Crippen LogP contribution is 2.44. The van der Waals surface area contributed by atoms with Crippen LogP contribution in [0.4, 0.5) is 0 Å². The molecular formula is C35H23N3O8. The maximum atomic E-state index is 14.1. The van der Waals surface area contributed by atoms with Gasteiger partial charge in [-0.2, -0.15) is 10.0 Å². The SMILES string of the molecule is CC(C)C1=C(O)c2ccc3c4c(ccc(c24)C1=O)C(=O)N(N1C(=O)c2ccc4c5c(ccc(c25)C1=O)C(=O)N(C(C)C)C4=O)C3=O. The van der Waals surface area contributed by atoms with Crippen LogP contribution in [0.2, 0.25) is 0 Å². The minimum absolute atomic E-state index is 0.0367. The van der Waals surface area contributed by atoms with E-state index in [2.05, 4.69) is 0 Å². The third kappa shape index (κ3) is 3.08. The first kappa shape index (κ1) is 27.6. The maximum absolute atomic E-state index is 14.1. The van der Waals surface area contributed by atoms with Gasteiger partial charge in [0.25, 0.3) is 35.4 Å². The summed E-state index contributed by atoms with van der Waals surface area (Å²) in [7, 11) is 0. The van der Waals surface area contributed by atoms with Crippen LogP contribution < -0.4 is 0 Å². The highest BCUT2D eigenvalue weighted by Gasteiger charge is 2.48. The first-order valence-electron chi connectivity index (χ1n) is 14.7. The molecule has 0 saturated carbocycles. The van der Waals surface area contributed by atoms with Gasteiger partial charge in [0.2, 0.25) is 0 Å².